The largest absolute Gasteiger partial charge is 0.473 e. The highest BCUT2D eigenvalue weighted by molar-refractivity contribution is 8.12. The van der Waals surface area contributed by atoms with Crippen molar-refractivity contribution in [3.05, 3.63) is 59.4 Å². The van der Waals surface area contributed by atoms with Crippen LogP contribution in [0.2, 0.25) is 5.02 Å². The van der Waals surface area contributed by atoms with E-state index in [0.29, 0.717) is 11.8 Å². The second-order valence-electron chi connectivity index (χ2n) is 3.94. The minimum Gasteiger partial charge on any atom is -0.473 e. The molecule has 0 aliphatic carbocycles. The summed E-state index contributed by atoms with van der Waals surface area (Å²) in [4.78, 5) is 8.49. The van der Waals surface area contributed by atoms with Crippen molar-refractivity contribution in [1.82, 2.24) is 4.98 Å². The average Bonchev–Trinajstić information content (AvgIpc) is 2.48. The number of nitrogens with zero attached hydrogens (tertiary/aromatic N) is 2. The summed E-state index contributed by atoms with van der Waals surface area (Å²) in [6, 6.07) is 11.5. The van der Waals surface area contributed by atoms with Gasteiger partial charge in [0.15, 0.2) is 0 Å². The number of rotatable bonds is 4. The maximum absolute atomic E-state index is 5.87. The Balaban J connectivity index is 2.02. The third-order valence-electron chi connectivity index (χ3n) is 2.41. The first-order valence-electron chi connectivity index (χ1n) is 6.26. The zero-order chi connectivity index (χ0) is 14.2. The molecule has 104 valence electrons. The van der Waals surface area contributed by atoms with Crippen LogP contribution in [0.3, 0.4) is 0 Å². The van der Waals surface area contributed by atoms with Crippen LogP contribution in [0.15, 0.2) is 53.8 Å². The van der Waals surface area contributed by atoms with E-state index >= 15 is 0 Å². The highest BCUT2D eigenvalue weighted by Crippen LogP contribution is 2.20. The number of thioether (sulfide) groups is 1. The number of benzene rings is 1. The predicted molar refractivity (Wildman–Crippen MR) is 85.7 cm³/mol. The Bertz CT molecular complexity index is 558. The Morgan fingerprint density at radius 3 is 2.75 bits per heavy atom. The minimum absolute atomic E-state index is 0.590. The molecule has 0 aliphatic rings. The quantitative estimate of drug-likeness (QED) is 0.607. The van der Waals surface area contributed by atoms with Gasteiger partial charge in [0.05, 0.1) is 18.5 Å². The van der Waals surface area contributed by atoms with Gasteiger partial charge in [-0.3, -0.25) is 4.98 Å². The predicted octanol–water partition coefficient (Wildman–Crippen LogP) is 4.69. The van der Waals surface area contributed by atoms with Gasteiger partial charge in [-0.25, -0.2) is 4.99 Å². The molecular formula is C15H15ClN2OS. The molecule has 3 nitrogen and oxygen atoms in total. The number of pyridine rings is 1. The molecule has 0 spiro atoms. The molecule has 0 aliphatic heterocycles. The van der Waals surface area contributed by atoms with Crippen molar-refractivity contribution in [3.63, 3.8) is 0 Å². The Kier molecular flexibility index (Phi) is 5.89. The van der Waals surface area contributed by atoms with Crippen LogP contribution >= 0.6 is 23.4 Å². The first-order valence-corrected chi connectivity index (χ1v) is 7.63. The molecule has 0 radical (unpaired) electrons. The summed E-state index contributed by atoms with van der Waals surface area (Å²) in [7, 11) is 0. The molecule has 0 N–H and O–H groups in total. The van der Waals surface area contributed by atoms with Crippen LogP contribution in [0.1, 0.15) is 12.5 Å². The van der Waals surface area contributed by atoms with Gasteiger partial charge in [0, 0.05) is 17.0 Å². The van der Waals surface area contributed by atoms with Crippen LogP contribution < -0.4 is 0 Å². The number of aliphatic imine (C=N–C) groups is 1. The van der Waals surface area contributed by atoms with E-state index in [1.54, 1.807) is 24.2 Å². The Morgan fingerprint density at radius 1 is 1.30 bits per heavy atom. The molecule has 5 heteroatoms. The summed E-state index contributed by atoms with van der Waals surface area (Å²) in [5.74, 6) is 0.788. The van der Waals surface area contributed by atoms with E-state index in [0.717, 1.165) is 16.5 Å². The highest BCUT2D eigenvalue weighted by atomic mass is 35.5. The Hall–Kier alpha value is -1.52. The summed E-state index contributed by atoms with van der Waals surface area (Å²) < 4.78 is 5.55. The summed E-state index contributed by atoms with van der Waals surface area (Å²) >= 11 is 7.43. The lowest BCUT2D eigenvalue weighted by Crippen LogP contribution is -2.00. The summed E-state index contributed by atoms with van der Waals surface area (Å²) in [6.45, 7) is 2.54. The van der Waals surface area contributed by atoms with Crippen molar-refractivity contribution in [2.24, 2.45) is 4.99 Å². The van der Waals surface area contributed by atoms with Gasteiger partial charge in [0.2, 0.25) is 0 Å². The van der Waals surface area contributed by atoms with E-state index in [9.17, 15) is 0 Å². The highest BCUT2D eigenvalue weighted by Gasteiger charge is 2.03. The van der Waals surface area contributed by atoms with Crippen molar-refractivity contribution < 1.29 is 4.74 Å². The Morgan fingerprint density at radius 2 is 2.10 bits per heavy atom. The van der Waals surface area contributed by atoms with Crippen molar-refractivity contribution in [2.45, 2.75) is 12.7 Å². The molecule has 2 rings (SSSR count). The number of halogens is 1. The zero-order valence-corrected chi connectivity index (χ0v) is 12.7. The van der Waals surface area contributed by atoms with Gasteiger partial charge in [0.1, 0.15) is 0 Å². The fourth-order valence-corrected chi connectivity index (χ4v) is 2.46. The van der Waals surface area contributed by atoms with Crippen LogP contribution in [0, 0.1) is 0 Å². The third kappa shape index (κ3) is 4.87. The maximum Gasteiger partial charge on any atom is 0.251 e. The molecular weight excluding hydrogens is 292 g/mol. The zero-order valence-electron chi connectivity index (χ0n) is 11.1. The van der Waals surface area contributed by atoms with Gasteiger partial charge in [-0.05, 0) is 36.8 Å². The number of hydrogen-bond donors (Lipinski definition) is 0. The standard InChI is InChI=1S/C15H15ClN2OS/c1-2-19-15(18-14-4-3-9-17-10-14)20-11-12-5-7-13(16)8-6-12/h3-10H,2,11H2,1H3. The minimum atomic E-state index is 0.590. The fraction of sp³-hybridized carbons (Fsp3) is 0.200. The van der Waals surface area contributed by atoms with Gasteiger partial charge in [-0.1, -0.05) is 35.5 Å². The molecule has 2 aromatic rings. The van der Waals surface area contributed by atoms with Crippen LogP contribution in [0.5, 0.6) is 0 Å². The van der Waals surface area contributed by atoms with E-state index in [1.165, 1.54) is 5.56 Å². The molecule has 20 heavy (non-hydrogen) atoms. The number of aromatic nitrogens is 1. The van der Waals surface area contributed by atoms with Crippen molar-refractivity contribution in [1.29, 1.82) is 0 Å². The van der Waals surface area contributed by atoms with E-state index in [-0.39, 0.29) is 0 Å². The maximum atomic E-state index is 5.87. The van der Waals surface area contributed by atoms with Gasteiger partial charge in [-0.2, -0.15) is 0 Å². The second-order valence-corrected chi connectivity index (χ2v) is 5.30. The van der Waals surface area contributed by atoms with E-state index < -0.39 is 0 Å². The normalized spacial score (nSPS) is 11.4. The fourth-order valence-electron chi connectivity index (χ4n) is 1.48. The lowest BCUT2D eigenvalue weighted by atomic mass is 10.2. The molecule has 0 saturated carbocycles. The lowest BCUT2D eigenvalue weighted by molar-refractivity contribution is 0.338. The van der Waals surface area contributed by atoms with Gasteiger partial charge >= 0.3 is 0 Å². The molecule has 0 saturated heterocycles. The number of ether oxygens (including phenoxy) is 1. The van der Waals surface area contributed by atoms with Gasteiger partial charge in [-0.15, -0.1) is 0 Å². The molecule has 1 heterocycles. The van der Waals surface area contributed by atoms with E-state index in [4.69, 9.17) is 16.3 Å². The van der Waals surface area contributed by atoms with Crippen LogP contribution in [-0.4, -0.2) is 16.8 Å². The number of hydrogen-bond acceptors (Lipinski definition) is 4. The van der Waals surface area contributed by atoms with Crippen LogP contribution in [0.25, 0.3) is 0 Å². The first kappa shape index (κ1) is 14.9. The summed E-state index contributed by atoms with van der Waals surface area (Å²) in [5, 5.41) is 1.39. The Labute approximate surface area is 128 Å². The van der Waals surface area contributed by atoms with E-state index in [2.05, 4.69) is 9.98 Å². The first-order chi connectivity index (χ1) is 9.78. The van der Waals surface area contributed by atoms with Crippen LogP contribution in [-0.2, 0) is 10.5 Å². The van der Waals surface area contributed by atoms with Crippen molar-refractivity contribution in [2.75, 3.05) is 6.61 Å². The molecule has 0 amide bonds. The molecule has 0 bridgehead atoms. The molecule has 0 unspecified atom stereocenters. The molecule has 0 atom stereocenters. The third-order valence-corrected chi connectivity index (χ3v) is 3.60. The van der Waals surface area contributed by atoms with Crippen molar-refractivity contribution in [3.8, 4) is 0 Å². The summed E-state index contributed by atoms with van der Waals surface area (Å²) in [6.07, 6.45) is 3.43. The average molecular weight is 307 g/mol. The topological polar surface area (TPSA) is 34.5 Å². The van der Waals surface area contributed by atoms with Gasteiger partial charge in [0.25, 0.3) is 5.23 Å². The van der Waals surface area contributed by atoms with Crippen LogP contribution in [0.4, 0.5) is 5.69 Å². The van der Waals surface area contributed by atoms with E-state index in [1.807, 2.05) is 43.3 Å². The SMILES string of the molecule is CCOC(=Nc1cccnc1)SCc1ccc(Cl)cc1. The summed E-state index contributed by atoms with van der Waals surface area (Å²) in [5.41, 5.74) is 1.97. The lowest BCUT2D eigenvalue weighted by Gasteiger charge is -2.07. The molecule has 1 aromatic carbocycles. The van der Waals surface area contributed by atoms with Gasteiger partial charge < -0.3 is 4.74 Å². The molecule has 1 aromatic heterocycles. The monoisotopic (exact) mass is 306 g/mol. The molecule has 0 fully saturated rings. The second kappa shape index (κ2) is 7.92. The van der Waals surface area contributed by atoms with Crippen molar-refractivity contribution >= 4 is 34.3 Å². The smallest absolute Gasteiger partial charge is 0.251 e.